The highest BCUT2D eigenvalue weighted by atomic mass is 16.6. The number of hydrogen-bond donors (Lipinski definition) is 4. The fraction of sp³-hybridized carbons (Fsp3) is 0.444. The summed E-state index contributed by atoms with van der Waals surface area (Å²) in [5, 5.41) is 18.8. The Morgan fingerprint density at radius 2 is 1.53 bits per heavy atom. The summed E-state index contributed by atoms with van der Waals surface area (Å²) in [5.41, 5.74) is 4.97. The molecule has 2 aromatic carbocycles. The van der Waals surface area contributed by atoms with Crippen molar-refractivity contribution < 1.29 is 29.0 Å². The van der Waals surface area contributed by atoms with Crippen molar-refractivity contribution in [3.05, 3.63) is 90.1 Å². The maximum absolute atomic E-state index is 13.6. The number of carbonyl (C=O) groups excluding carboxylic acids is 3. The molecule has 0 spiro atoms. The number of aliphatic hydroxyl groups is 1. The number of nitrogens with one attached hydrogen (secondary N) is 3. The summed E-state index contributed by atoms with van der Waals surface area (Å²) >= 11 is 0. The van der Waals surface area contributed by atoms with E-state index in [0.29, 0.717) is 12.8 Å². The number of ether oxygens (including phenoxy) is 2. The number of alkyl carbamates (subject to hydrolysis) is 1. The van der Waals surface area contributed by atoms with Gasteiger partial charge >= 0.3 is 12.2 Å². The smallest absolute Gasteiger partial charge is 0.422 e. The molecule has 0 saturated carbocycles. The number of benzene rings is 2. The average molecular weight is 648 g/mol. The molecular weight excluding hydrogens is 598 g/mol. The Labute approximate surface area is 278 Å². The minimum absolute atomic E-state index is 0.0496. The van der Waals surface area contributed by atoms with Gasteiger partial charge in [-0.3, -0.25) is 15.2 Å². The van der Waals surface area contributed by atoms with Crippen molar-refractivity contribution in [2.75, 3.05) is 13.7 Å². The van der Waals surface area contributed by atoms with E-state index in [9.17, 15) is 19.5 Å². The second kappa shape index (κ2) is 16.9. The van der Waals surface area contributed by atoms with Gasteiger partial charge in [0.05, 0.1) is 24.9 Å². The third-order valence-corrected chi connectivity index (χ3v) is 7.83. The summed E-state index contributed by atoms with van der Waals surface area (Å²) in [7, 11) is 1.23. The lowest BCUT2D eigenvalue weighted by Crippen LogP contribution is -2.59. The van der Waals surface area contributed by atoms with Crippen molar-refractivity contribution in [3.8, 4) is 11.3 Å². The SMILES string of the molecule is CCC(C)(C)OC(=O)NN(Cc1ccc(-c2ccccn2)cc1)CC(O)C(Cc1ccccc1)NC(=O)C(NC(=O)OC)C(C)(C)C. The molecule has 4 N–H and O–H groups in total. The number of carbonyl (C=O) groups is 3. The molecule has 1 heterocycles. The van der Waals surface area contributed by atoms with Gasteiger partial charge in [-0.25, -0.2) is 14.6 Å². The highest BCUT2D eigenvalue weighted by Gasteiger charge is 2.36. The Kier molecular flexibility index (Phi) is 13.3. The Morgan fingerprint density at radius 1 is 0.872 bits per heavy atom. The van der Waals surface area contributed by atoms with Gasteiger partial charge in [0.25, 0.3) is 0 Å². The molecule has 254 valence electrons. The highest BCUT2D eigenvalue weighted by Crippen LogP contribution is 2.21. The normalized spacial score (nSPS) is 13.6. The molecule has 47 heavy (non-hydrogen) atoms. The highest BCUT2D eigenvalue weighted by molar-refractivity contribution is 5.86. The van der Waals surface area contributed by atoms with Gasteiger partial charge in [-0.1, -0.05) is 88.4 Å². The van der Waals surface area contributed by atoms with Crippen molar-refractivity contribution >= 4 is 18.1 Å². The number of pyridine rings is 1. The maximum Gasteiger partial charge on any atom is 0.422 e. The molecule has 0 aliphatic heterocycles. The van der Waals surface area contributed by atoms with Crippen LogP contribution in [0.4, 0.5) is 9.59 Å². The predicted octanol–water partition coefficient (Wildman–Crippen LogP) is 5.24. The molecule has 3 rings (SSSR count). The molecule has 11 heteroatoms. The largest absolute Gasteiger partial charge is 0.453 e. The molecule has 11 nitrogen and oxygen atoms in total. The van der Waals surface area contributed by atoms with Gasteiger partial charge in [-0.15, -0.1) is 0 Å². The number of amides is 3. The first-order valence-electron chi connectivity index (χ1n) is 15.8. The van der Waals surface area contributed by atoms with Crippen LogP contribution in [0.25, 0.3) is 11.3 Å². The minimum atomic E-state index is -1.15. The van der Waals surface area contributed by atoms with Crippen LogP contribution in [0.3, 0.4) is 0 Å². The van der Waals surface area contributed by atoms with E-state index >= 15 is 0 Å². The number of methoxy groups -OCH3 is 1. The summed E-state index contributed by atoms with van der Waals surface area (Å²) in [6, 6.07) is 21.2. The lowest BCUT2D eigenvalue weighted by Gasteiger charge is -2.34. The van der Waals surface area contributed by atoms with E-state index < -0.39 is 47.3 Å². The van der Waals surface area contributed by atoms with E-state index in [4.69, 9.17) is 9.47 Å². The van der Waals surface area contributed by atoms with Gasteiger partial charge < -0.3 is 25.2 Å². The van der Waals surface area contributed by atoms with Crippen LogP contribution in [0.5, 0.6) is 0 Å². The summed E-state index contributed by atoms with van der Waals surface area (Å²) in [5.74, 6) is -0.475. The molecule has 1 aromatic heterocycles. The van der Waals surface area contributed by atoms with Crippen LogP contribution >= 0.6 is 0 Å². The fourth-order valence-electron chi connectivity index (χ4n) is 4.78. The van der Waals surface area contributed by atoms with Crippen LogP contribution in [-0.2, 0) is 27.2 Å². The topological polar surface area (TPSA) is 142 Å². The first kappa shape index (κ1) is 37.0. The van der Waals surface area contributed by atoms with Crippen molar-refractivity contribution in [2.24, 2.45) is 5.41 Å². The molecule has 3 atom stereocenters. The number of rotatable bonds is 14. The number of aromatic nitrogens is 1. The zero-order valence-corrected chi connectivity index (χ0v) is 28.4. The molecule has 0 fully saturated rings. The van der Waals surface area contributed by atoms with E-state index in [1.807, 2.05) is 114 Å². The van der Waals surface area contributed by atoms with Gasteiger partial charge in [0, 0.05) is 24.8 Å². The van der Waals surface area contributed by atoms with Gasteiger partial charge in [0.15, 0.2) is 0 Å². The van der Waals surface area contributed by atoms with Crippen molar-refractivity contribution in [3.63, 3.8) is 0 Å². The van der Waals surface area contributed by atoms with Crippen molar-refractivity contribution in [1.82, 2.24) is 26.1 Å². The van der Waals surface area contributed by atoms with E-state index in [1.165, 1.54) is 7.11 Å². The maximum atomic E-state index is 13.6. The predicted molar refractivity (Wildman–Crippen MR) is 181 cm³/mol. The fourth-order valence-corrected chi connectivity index (χ4v) is 4.78. The van der Waals surface area contributed by atoms with Crippen LogP contribution in [0, 0.1) is 5.41 Å². The first-order valence-corrected chi connectivity index (χ1v) is 15.8. The number of aliphatic hydroxyl groups excluding tert-OH is 1. The van der Waals surface area contributed by atoms with Crippen LogP contribution in [0.15, 0.2) is 79.0 Å². The lowest BCUT2D eigenvalue weighted by molar-refractivity contribution is -0.127. The van der Waals surface area contributed by atoms with Crippen LogP contribution in [-0.4, -0.2) is 70.6 Å². The summed E-state index contributed by atoms with van der Waals surface area (Å²) < 4.78 is 10.4. The molecule has 3 aromatic rings. The summed E-state index contributed by atoms with van der Waals surface area (Å²) in [4.78, 5) is 43.2. The molecule has 0 saturated heterocycles. The first-order chi connectivity index (χ1) is 22.2. The number of hydrogen-bond acceptors (Lipinski definition) is 8. The minimum Gasteiger partial charge on any atom is -0.453 e. The Hall–Kier alpha value is -4.48. The molecule has 3 unspecified atom stereocenters. The summed E-state index contributed by atoms with van der Waals surface area (Å²) in [6.07, 6.45) is 0.0938. The van der Waals surface area contributed by atoms with Crippen LogP contribution in [0.1, 0.15) is 59.1 Å². The molecule has 0 aliphatic rings. The molecular formula is C36H49N5O6. The number of hydrazine groups is 1. The quantitative estimate of drug-likeness (QED) is 0.174. The Bertz CT molecular complexity index is 1430. The van der Waals surface area contributed by atoms with Crippen molar-refractivity contribution in [1.29, 1.82) is 0 Å². The van der Waals surface area contributed by atoms with Crippen LogP contribution < -0.4 is 16.1 Å². The molecule has 3 amide bonds. The Morgan fingerprint density at radius 3 is 2.11 bits per heavy atom. The monoisotopic (exact) mass is 647 g/mol. The van der Waals surface area contributed by atoms with Gasteiger partial charge in [-0.05, 0) is 55.4 Å². The van der Waals surface area contributed by atoms with E-state index in [0.717, 1.165) is 22.4 Å². The van der Waals surface area contributed by atoms with E-state index in [2.05, 4.69) is 21.0 Å². The second-order valence-corrected chi connectivity index (χ2v) is 13.2. The lowest BCUT2D eigenvalue weighted by atomic mass is 9.85. The number of nitrogens with zero attached hydrogens (tertiary/aromatic N) is 2. The van der Waals surface area contributed by atoms with Gasteiger partial charge in [0.1, 0.15) is 11.6 Å². The van der Waals surface area contributed by atoms with Gasteiger partial charge in [0.2, 0.25) is 5.91 Å². The molecule has 0 bridgehead atoms. The summed E-state index contributed by atoms with van der Waals surface area (Å²) in [6.45, 7) is 11.2. The zero-order valence-electron chi connectivity index (χ0n) is 28.4. The average Bonchev–Trinajstić information content (AvgIpc) is 3.03. The van der Waals surface area contributed by atoms with E-state index in [1.54, 1.807) is 11.2 Å². The standard InChI is InChI=1S/C36H49N5O6/c1-8-36(5,6)47-34(45)40-41(23-26-17-19-27(20-18-26)28-16-12-13-21-37-28)24-30(42)29(22-25-14-10-9-11-15-25)38-32(43)31(35(2,3)4)39-33(44)46-7/h9-21,29-31,42H,8,22-24H2,1-7H3,(H,38,43)(H,39,44)(H,40,45). The molecule has 0 aliphatic carbocycles. The van der Waals surface area contributed by atoms with Crippen LogP contribution in [0.2, 0.25) is 0 Å². The zero-order chi connectivity index (χ0) is 34.6. The second-order valence-electron chi connectivity index (χ2n) is 13.2. The Balaban J connectivity index is 1.88. The third-order valence-electron chi connectivity index (χ3n) is 7.83. The van der Waals surface area contributed by atoms with E-state index in [-0.39, 0.29) is 13.1 Å². The third kappa shape index (κ3) is 12.0. The van der Waals surface area contributed by atoms with Crippen molar-refractivity contribution in [2.45, 2.75) is 84.7 Å². The van der Waals surface area contributed by atoms with Gasteiger partial charge in [-0.2, -0.15) is 0 Å². The molecule has 0 radical (unpaired) electrons.